The molecule has 0 spiro atoms. The molecule has 0 bridgehead atoms. The number of ether oxygens (including phenoxy) is 1. The Morgan fingerprint density at radius 2 is 1.94 bits per heavy atom. The summed E-state index contributed by atoms with van der Waals surface area (Å²) in [5.41, 5.74) is 1.40. The number of aryl methyl sites for hydroxylation is 1. The number of carbonyl (C=O) groups is 1. The monoisotopic (exact) mass is 261 g/mol. The third-order valence-electron chi connectivity index (χ3n) is 2.41. The van der Waals surface area contributed by atoms with Gasteiger partial charge in [0.2, 0.25) is 0 Å². The van der Waals surface area contributed by atoms with Crippen molar-refractivity contribution in [1.82, 2.24) is 5.32 Å². The minimum absolute atomic E-state index is 0.540. The van der Waals surface area contributed by atoms with Crippen LogP contribution < -0.4 is 10.1 Å². The van der Waals surface area contributed by atoms with Crippen LogP contribution in [0.15, 0.2) is 18.2 Å². The van der Waals surface area contributed by atoms with Crippen molar-refractivity contribution >= 4 is 5.91 Å². The number of benzene rings is 1. The van der Waals surface area contributed by atoms with Crippen molar-refractivity contribution in [3.63, 3.8) is 0 Å². The van der Waals surface area contributed by atoms with E-state index in [1.54, 1.807) is 25.1 Å². The van der Waals surface area contributed by atoms with Crippen molar-refractivity contribution in [3.8, 4) is 5.75 Å². The van der Waals surface area contributed by atoms with E-state index in [1.165, 1.54) is 14.0 Å². The highest BCUT2D eigenvalue weighted by atomic mass is 19.4. The first-order chi connectivity index (χ1) is 8.24. The van der Waals surface area contributed by atoms with Gasteiger partial charge in [0, 0.05) is 0 Å². The molecule has 0 aliphatic heterocycles. The Balaban J connectivity index is 2.87. The maximum atomic E-state index is 12.1. The number of halogens is 3. The predicted molar refractivity (Wildman–Crippen MR) is 60.3 cm³/mol. The topological polar surface area (TPSA) is 38.3 Å². The van der Waals surface area contributed by atoms with E-state index in [0.717, 1.165) is 5.56 Å². The largest absolute Gasteiger partial charge is 0.497 e. The van der Waals surface area contributed by atoms with Crippen LogP contribution in [0.4, 0.5) is 13.2 Å². The zero-order valence-electron chi connectivity index (χ0n) is 10.3. The molecule has 0 saturated carbocycles. The molecule has 1 aromatic carbocycles. The van der Waals surface area contributed by atoms with E-state index in [-0.39, 0.29) is 0 Å². The average molecular weight is 261 g/mol. The molecule has 1 atom stereocenters. The van der Waals surface area contributed by atoms with E-state index < -0.39 is 18.1 Å². The number of rotatable bonds is 3. The maximum Gasteiger partial charge on any atom is 0.471 e. The Morgan fingerprint density at radius 1 is 1.33 bits per heavy atom. The summed E-state index contributed by atoms with van der Waals surface area (Å²) in [7, 11) is 1.47. The minimum atomic E-state index is -4.87. The van der Waals surface area contributed by atoms with Crippen LogP contribution in [-0.2, 0) is 4.79 Å². The molecule has 6 heteroatoms. The first kappa shape index (κ1) is 14.3. The summed E-state index contributed by atoms with van der Waals surface area (Å²) in [6, 6.07) is 4.30. The molecule has 100 valence electrons. The summed E-state index contributed by atoms with van der Waals surface area (Å²) in [5.74, 6) is -1.41. The highest BCUT2D eigenvalue weighted by Crippen LogP contribution is 2.23. The standard InChI is InChI=1S/C12H14F3NO2/c1-7-4-9(6-10(5-7)18-3)8(2)16-11(17)12(13,14)15/h4-6,8H,1-3H3,(H,16,17). The van der Waals surface area contributed by atoms with E-state index in [1.807, 2.05) is 5.32 Å². The van der Waals surface area contributed by atoms with Gasteiger partial charge in [0.1, 0.15) is 5.75 Å². The number of methoxy groups -OCH3 is 1. The Labute approximate surface area is 103 Å². The number of carbonyl (C=O) groups excluding carboxylic acids is 1. The van der Waals surface area contributed by atoms with Crippen LogP contribution in [0.5, 0.6) is 5.75 Å². The third kappa shape index (κ3) is 3.65. The third-order valence-corrected chi connectivity index (χ3v) is 2.41. The Morgan fingerprint density at radius 3 is 2.44 bits per heavy atom. The lowest BCUT2D eigenvalue weighted by molar-refractivity contribution is -0.174. The molecule has 1 amide bonds. The van der Waals surface area contributed by atoms with Gasteiger partial charge in [-0.25, -0.2) is 0 Å². The fraction of sp³-hybridized carbons (Fsp3) is 0.417. The maximum absolute atomic E-state index is 12.1. The summed E-state index contributed by atoms with van der Waals surface area (Å²) < 4.78 is 41.4. The number of alkyl halides is 3. The van der Waals surface area contributed by atoms with Crippen molar-refractivity contribution in [2.45, 2.75) is 26.1 Å². The van der Waals surface area contributed by atoms with Gasteiger partial charge in [0.05, 0.1) is 13.2 Å². The van der Waals surface area contributed by atoms with Crippen molar-refractivity contribution < 1.29 is 22.7 Å². The van der Waals surface area contributed by atoms with Gasteiger partial charge in [-0.1, -0.05) is 6.07 Å². The van der Waals surface area contributed by atoms with Crippen molar-refractivity contribution in [2.75, 3.05) is 7.11 Å². The van der Waals surface area contributed by atoms with Gasteiger partial charge in [-0.3, -0.25) is 4.79 Å². The molecule has 0 aromatic heterocycles. The van der Waals surface area contributed by atoms with E-state index in [2.05, 4.69) is 0 Å². The van der Waals surface area contributed by atoms with Crippen LogP contribution in [0.1, 0.15) is 24.1 Å². The van der Waals surface area contributed by atoms with Crippen LogP contribution in [0.3, 0.4) is 0 Å². The molecule has 3 nitrogen and oxygen atoms in total. The first-order valence-electron chi connectivity index (χ1n) is 5.27. The number of nitrogens with one attached hydrogen (secondary N) is 1. The molecule has 1 unspecified atom stereocenters. The molecule has 0 aliphatic rings. The molecule has 0 saturated heterocycles. The zero-order valence-corrected chi connectivity index (χ0v) is 10.3. The van der Waals surface area contributed by atoms with Gasteiger partial charge >= 0.3 is 12.1 Å². The molecule has 0 fully saturated rings. The van der Waals surface area contributed by atoms with E-state index >= 15 is 0 Å². The van der Waals surface area contributed by atoms with Crippen molar-refractivity contribution in [3.05, 3.63) is 29.3 Å². The molecular formula is C12H14F3NO2. The molecule has 0 aliphatic carbocycles. The lowest BCUT2D eigenvalue weighted by Crippen LogP contribution is -2.38. The summed E-state index contributed by atoms with van der Waals surface area (Å²) >= 11 is 0. The van der Waals surface area contributed by atoms with Gasteiger partial charge in [0.25, 0.3) is 0 Å². The van der Waals surface area contributed by atoms with Crippen LogP contribution in [-0.4, -0.2) is 19.2 Å². The molecule has 0 heterocycles. The van der Waals surface area contributed by atoms with Gasteiger partial charge in [-0.2, -0.15) is 13.2 Å². The second-order valence-corrected chi connectivity index (χ2v) is 3.98. The SMILES string of the molecule is COc1cc(C)cc(C(C)NC(=O)C(F)(F)F)c1. The average Bonchev–Trinajstić information content (AvgIpc) is 2.26. The fourth-order valence-corrected chi connectivity index (χ4v) is 1.51. The van der Waals surface area contributed by atoms with Gasteiger partial charge in [-0.05, 0) is 37.1 Å². The summed E-state index contributed by atoms with van der Waals surface area (Å²) in [6.45, 7) is 3.28. The minimum Gasteiger partial charge on any atom is -0.497 e. The Bertz CT molecular complexity index is 443. The molecular weight excluding hydrogens is 247 g/mol. The zero-order chi connectivity index (χ0) is 13.9. The van der Waals surface area contributed by atoms with Crippen molar-refractivity contribution in [2.24, 2.45) is 0 Å². The molecule has 1 N–H and O–H groups in total. The molecule has 18 heavy (non-hydrogen) atoms. The van der Waals surface area contributed by atoms with E-state index in [4.69, 9.17) is 4.74 Å². The Hall–Kier alpha value is -1.72. The summed E-state index contributed by atoms with van der Waals surface area (Å²) in [6.07, 6.45) is -4.87. The summed E-state index contributed by atoms with van der Waals surface area (Å²) in [5, 5.41) is 1.90. The number of hydrogen-bond donors (Lipinski definition) is 1. The van der Waals surface area contributed by atoms with E-state index in [0.29, 0.717) is 11.3 Å². The van der Waals surface area contributed by atoms with Gasteiger partial charge in [0.15, 0.2) is 0 Å². The summed E-state index contributed by atoms with van der Waals surface area (Å²) in [4.78, 5) is 10.8. The second kappa shape index (κ2) is 5.29. The molecule has 1 aromatic rings. The lowest BCUT2D eigenvalue weighted by atomic mass is 10.1. The van der Waals surface area contributed by atoms with E-state index in [9.17, 15) is 18.0 Å². The normalized spacial score (nSPS) is 13.0. The van der Waals surface area contributed by atoms with Crippen LogP contribution in [0.2, 0.25) is 0 Å². The second-order valence-electron chi connectivity index (χ2n) is 3.98. The van der Waals surface area contributed by atoms with Gasteiger partial charge < -0.3 is 10.1 Å². The molecule has 1 rings (SSSR count). The van der Waals surface area contributed by atoms with Crippen LogP contribution in [0.25, 0.3) is 0 Å². The quantitative estimate of drug-likeness (QED) is 0.908. The molecule has 0 radical (unpaired) electrons. The van der Waals surface area contributed by atoms with Gasteiger partial charge in [-0.15, -0.1) is 0 Å². The lowest BCUT2D eigenvalue weighted by Gasteiger charge is -2.17. The predicted octanol–water partition coefficient (Wildman–Crippen LogP) is 2.74. The highest BCUT2D eigenvalue weighted by molar-refractivity contribution is 5.82. The highest BCUT2D eigenvalue weighted by Gasteiger charge is 2.39. The Kier molecular flexibility index (Phi) is 4.21. The number of hydrogen-bond acceptors (Lipinski definition) is 2. The van der Waals surface area contributed by atoms with Crippen LogP contribution in [0, 0.1) is 6.92 Å². The number of amides is 1. The van der Waals surface area contributed by atoms with Crippen LogP contribution >= 0.6 is 0 Å². The fourth-order valence-electron chi connectivity index (χ4n) is 1.51. The smallest absolute Gasteiger partial charge is 0.471 e. The van der Waals surface area contributed by atoms with Crippen molar-refractivity contribution in [1.29, 1.82) is 0 Å². The first-order valence-corrected chi connectivity index (χ1v) is 5.27.